The van der Waals surface area contributed by atoms with Gasteiger partial charge in [0.25, 0.3) is 0 Å². The van der Waals surface area contributed by atoms with E-state index in [9.17, 15) is 23.1 Å². The number of sulfone groups is 1. The number of rotatable bonds is 4. The summed E-state index contributed by atoms with van der Waals surface area (Å²) in [6.07, 6.45) is 4.89. The first-order chi connectivity index (χ1) is 14.2. The van der Waals surface area contributed by atoms with Gasteiger partial charge in [-0.1, -0.05) is 37.0 Å². The lowest BCUT2D eigenvalue weighted by Crippen LogP contribution is -2.40. The van der Waals surface area contributed by atoms with E-state index < -0.39 is 27.5 Å². The second kappa shape index (κ2) is 7.54. The summed E-state index contributed by atoms with van der Waals surface area (Å²) in [7, 11) is -3.77. The van der Waals surface area contributed by atoms with E-state index in [1.54, 1.807) is 29.2 Å². The van der Waals surface area contributed by atoms with E-state index in [0.29, 0.717) is 12.2 Å². The molecule has 0 radical (unpaired) electrons. The van der Waals surface area contributed by atoms with Crippen LogP contribution in [0.3, 0.4) is 0 Å². The number of amides is 1. The Bertz CT molecular complexity index is 1100. The molecule has 0 atom stereocenters. The first kappa shape index (κ1) is 20.6. The molecule has 7 heteroatoms. The lowest BCUT2D eigenvalue weighted by molar-refractivity contribution is -0.116. The van der Waals surface area contributed by atoms with Crippen molar-refractivity contribution in [2.75, 3.05) is 17.2 Å². The van der Waals surface area contributed by atoms with Crippen LogP contribution in [-0.2, 0) is 20.0 Å². The number of aryl methyl sites for hydroxylation is 1. The van der Waals surface area contributed by atoms with Gasteiger partial charge in [-0.15, -0.1) is 0 Å². The highest BCUT2D eigenvalue weighted by Gasteiger charge is 2.45. The molecule has 6 nitrogen and oxygen atoms in total. The van der Waals surface area contributed by atoms with Gasteiger partial charge in [-0.05, 0) is 55.7 Å². The van der Waals surface area contributed by atoms with Gasteiger partial charge in [0.2, 0.25) is 5.91 Å². The fourth-order valence-electron chi connectivity index (χ4n) is 4.75. The van der Waals surface area contributed by atoms with Crippen molar-refractivity contribution in [2.45, 2.75) is 49.3 Å². The number of hydrogen-bond donors (Lipinski definition) is 1. The van der Waals surface area contributed by atoms with Gasteiger partial charge in [-0.3, -0.25) is 4.79 Å². The van der Waals surface area contributed by atoms with Crippen LogP contribution in [0.1, 0.15) is 53.6 Å². The van der Waals surface area contributed by atoms with Crippen LogP contribution in [-0.4, -0.2) is 37.7 Å². The van der Waals surface area contributed by atoms with E-state index in [0.717, 1.165) is 43.2 Å². The lowest BCUT2D eigenvalue weighted by atomic mass is 9.70. The number of anilines is 1. The van der Waals surface area contributed by atoms with E-state index in [1.165, 1.54) is 18.2 Å². The van der Waals surface area contributed by atoms with Crippen molar-refractivity contribution in [3.63, 3.8) is 0 Å². The Morgan fingerprint density at radius 1 is 1.03 bits per heavy atom. The predicted octanol–water partition coefficient (Wildman–Crippen LogP) is 3.72. The first-order valence-corrected chi connectivity index (χ1v) is 11.8. The van der Waals surface area contributed by atoms with E-state index >= 15 is 0 Å². The SMILES string of the molecule is Cc1ccc(S(=O)(=O)CC(=O)N2CC3(CCCCC3)c3cc(C(=O)O)ccc32)cc1. The highest BCUT2D eigenvalue weighted by molar-refractivity contribution is 7.92. The molecule has 1 amide bonds. The molecule has 2 aliphatic rings. The minimum absolute atomic E-state index is 0.134. The Balaban J connectivity index is 1.67. The van der Waals surface area contributed by atoms with Gasteiger partial charge < -0.3 is 10.0 Å². The Labute approximate surface area is 176 Å². The minimum atomic E-state index is -3.77. The maximum atomic E-state index is 13.1. The van der Waals surface area contributed by atoms with Gasteiger partial charge in [-0.2, -0.15) is 0 Å². The Morgan fingerprint density at radius 3 is 2.33 bits per heavy atom. The lowest BCUT2D eigenvalue weighted by Gasteiger charge is -2.34. The monoisotopic (exact) mass is 427 g/mol. The highest BCUT2D eigenvalue weighted by atomic mass is 32.2. The van der Waals surface area contributed by atoms with Crippen LogP contribution in [0.4, 0.5) is 5.69 Å². The summed E-state index contributed by atoms with van der Waals surface area (Å²) in [5, 5.41) is 9.42. The van der Waals surface area contributed by atoms with Crippen LogP contribution < -0.4 is 4.90 Å². The second-order valence-corrected chi connectivity index (χ2v) is 10.4. The summed E-state index contributed by atoms with van der Waals surface area (Å²) in [5.41, 5.74) is 2.36. The molecule has 2 aromatic carbocycles. The van der Waals surface area contributed by atoms with Crippen LogP contribution in [0.25, 0.3) is 0 Å². The number of aromatic carboxylic acids is 1. The van der Waals surface area contributed by atoms with Gasteiger partial charge in [0.05, 0.1) is 10.5 Å². The van der Waals surface area contributed by atoms with Crippen LogP contribution in [0, 0.1) is 6.92 Å². The predicted molar refractivity (Wildman–Crippen MR) is 114 cm³/mol. The van der Waals surface area contributed by atoms with Crippen LogP contribution in [0.2, 0.25) is 0 Å². The molecule has 2 aromatic rings. The van der Waals surface area contributed by atoms with E-state index in [-0.39, 0.29) is 15.9 Å². The van der Waals surface area contributed by atoms with Crippen LogP contribution >= 0.6 is 0 Å². The zero-order valence-corrected chi connectivity index (χ0v) is 17.7. The number of nitrogens with zero attached hydrogens (tertiary/aromatic N) is 1. The fraction of sp³-hybridized carbons (Fsp3) is 0.391. The maximum absolute atomic E-state index is 13.1. The molecule has 1 heterocycles. The molecule has 0 saturated heterocycles. The average molecular weight is 428 g/mol. The van der Waals surface area contributed by atoms with Crippen molar-refractivity contribution in [3.8, 4) is 0 Å². The molecule has 0 aromatic heterocycles. The molecular weight excluding hydrogens is 402 g/mol. The standard InChI is InChI=1S/C23H25NO5S/c1-16-5-8-18(9-6-16)30(28,29)14-21(25)24-15-23(11-3-2-4-12-23)19-13-17(22(26)27)7-10-20(19)24/h5-10,13H,2-4,11-12,14-15H2,1H3,(H,26,27). The number of carbonyl (C=O) groups excluding carboxylic acids is 1. The van der Waals surface area contributed by atoms with Gasteiger partial charge in [-0.25, -0.2) is 13.2 Å². The normalized spacial score (nSPS) is 17.7. The number of carboxylic acid groups (broad SMARTS) is 1. The summed E-state index contributed by atoms with van der Waals surface area (Å²) in [6, 6.07) is 11.3. The fourth-order valence-corrected chi connectivity index (χ4v) is 5.95. The smallest absolute Gasteiger partial charge is 0.335 e. The van der Waals surface area contributed by atoms with E-state index in [4.69, 9.17) is 0 Å². The number of fused-ring (bicyclic) bond motifs is 2. The van der Waals surface area contributed by atoms with Crippen LogP contribution in [0.15, 0.2) is 47.4 Å². The molecule has 1 fully saturated rings. The topological polar surface area (TPSA) is 91.8 Å². The Hall–Kier alpha value is -2.67. The van der Waals surface area contributed by atoms with Crippen molar-refractivity contribution in [1.29, 1.82) is 0 Å². The molecule has 1 saturated carbocycles. The van der Waals surface area contributed by atoms with Crippen molar-refractivity contribution in [1.82, 2.24) is 0 Å². The van der Waals surface area contributed by atoms with Gasteiger partial charge in [0.1, 0.15) is 5.75 Å². The highest BCUT2D eigenvalue weighted by Crippen LogP contribution is 2.49. The number of hydrogen-bond acceptors (Lipinski definition) is 4. The van der Waals surface area contributed by atoms with E-state index in [1.807, 2.05) is 6.92 Å². The molecule has 30 heavy (non-hydrogen) atoms. The molecule has 1 aliphatic carbocycles. The molecule has 0 unspecified atom stereocenters. The molecular formula is C23H25NO5S. The molecule has 4 rings (SSSR count). The number of benzene rings is 2. The molecule has 1 spiro atoms. The average Bonchev–Trinajstić information content (AvgIpc) is 3.02. The summed E-state index contributed by atoms with van der Waals surface area (Å²) < 4.78 is 25.6. The third kappa shape index (κ3) is 3.62. The largest absolute Gasteiger partial charge is 0.478 e. The van der Waals surface area contributed by atoms with E-state index in [2.05, 4.69) is 0 Å². The summed E-state index contributed by atoms with van der Waals surface area (Å²) in [5.74, 6) is -2.08. The van der Waals surface area contributed by atoms with Gasteiger partial charge >= 0.3 is 5.97 Å². The molecule has 0 bridgehead atoms. The van der Waals surface area contributed by atoms with Gasteiger partial charge in [0.15, 0.2) is 9.84 Å². The Kier molecular flexibility index (Phi) is 5.18. The zero-order valence-electron chi connectivity index (χ0n) is 16.9. The first-order valence-electron chi connectivity index (χ1n) is 10.2. The number of carboxylic acids is 1. The zero-order chi connectivity index (χ0) is 21.5. The second-order valence-electron chi connectivity index (χ2n) is 8.43. The van der Waals surface area contributed by atoms with Gasteiger partial charge in [0, 0.05) is 17.6 Å². The summed E-state index contributed by atoms with van der Waals surface area (Å²) in [4.78, 5) is 26.3. The molecule has 158 valence electrons. The van der Waals surface area contributed by atoms with Crippen molar-refractivity contribution in [2.24, 2.45) is 0 Å². The third-order valence-electron chi connectivity index (χ3n) is 6.37. The maximum Gasteiger partial charge on any atom is 0.335 e. The summed E-state index contributed by atoms with van der Waals surface area (Å²) in [6.45, 7) is 2.28. The molecule has 1 N–H and O–H groups in total. The van der Waals surface area contributed by atoms with Crippen molar-refractivity contribution < 1.29 is 23.1 Å². The van der Waals surface area contributed by atoms with Crippen molar-refractivity contribution >= 4 is 27.4 Å². The minimum Gasteiger partial charge on any atom is -0.478 e. The quantitative estimate of drug-likeness (QED) is 0.803. The Morgan fingerprint density at radius 2 is 1.70 bits per heavy atom. The molecule has 1 aliphatic heterocycles. The van der Waals surface area contributed by atoms with Crippen LogP contribution in [0.5, 0.6) is 0 Å². The third-order valence-corrected chi connectivity index (χ3v) is 7.99. The van der Waals surface area contributed by atoms with Crippen molar-refractivity contribution in [3.05, 3.63) is 59.2 Å². The summed E-state index contributed by atoms with van der Waals surface area (Å²) >= 11 is 0. The number of carbonyl (C=O) groups is 2.